The molecule has 14 heavy (non-hydrogen) atoms. The van der Waals surface area contributed by atoms with Crippen LogP contribution in [0, 0.1) is 11.3 Å². The van der Waals surface area contributed by atoms with Gasteiger partial charge in [0.2, 0.25) is 0 Å². The Morgan fingerprint density at radius 1 is 1.50 bits per heavy atom. The van der Waals surface area contributed by atoms with E-state index in [1.807, 2.05) is 0 Å². The molecule has 0 aliphatic heterocycles. The van der Waals surface area contributed by atoms with E-state index < -0.39 is 0 Å². The molecular formula is C10H11ClN2O. The molecule has 0 aromatic carbocycles. The highest BCUT2D eigenvalue weighted by Gasteiger charge is 1.99. The third-order valence-corrected chi connectivity index (χ3v) is 1.95. The van der Waals surface area contributed by atoms with E-state index in [4.69, 9.17) is 21.6 Å². The number of aromatic nitrogens is 1. The number of pyridine rings is 1. The molecular weight excluding hydrogens is 200 g/mol. The SMILES string of the molecule is N#CCCCCOc1cccnc1Cl. The first-order valence-electron chi connectivity index (χ1n) is 4.45. The fourth-order valence-electron chi connectivity index (χ4n) is 0.967. The van der Waals surface area contributed by atoms with Crippen molar-refractivity contribution >= 4 is 11.6 Å². The molecule has 1 aromatic heterocycles. The molecule has 1 aromatic rings. The maximum absolute atomic E-state index is 8.30. The average Bonchev–Trinajstić information content (AvgIpc) is 2.20. The summed E-state index contributed by atoms with van der Waals surface area (Å²) in [5.41, 5.74) is 0. The van der Waals surface area contributed by atoms with Gasteiger partial charge in [0.25, 0.3) is 0 Å². The van der Waals surface area contributed by atoms with Crippen molar-refractivity contribution in [3.8, 4) is 11.8 Å². The van der Waals surface area contributed by atoms with Gasteiger partial charge in [0.05, 0.1) is 12.7 Å². The van der Waals surface area contributed by atoms with Gasteiger partial charge in [-0.25, -0.2) is 4.98 Å². The smallest absolute Gasteiger partial charge is 0.171 e. The number of hydrogen-bond acceptors (Lipinski definition) is 3. The van der Waals surface area contributed by atoms with E-state index in [1.165, 1.54) is 0 Å². The van der Waals surface area contributed by atoms with E-state index in [2.05, 4.69) is 11.1 Å². The van der Waals surface area contributed by atoms with Crippen LogP contribution in [-0.4, -0.2) is 11.6 Å². The first-order chi connectivity index (χ1) is 6.84. The normalized spacial score (nSPS) is 9.43. The Morgan fingerprint density at radius 2 is 2.36 bits per heavy atom. The summed E-state index contributed by atoms with van der Waals surface area (Å²) >= 11 is 5.78. The lowest BCUT2D eigenvalue weighted by atomic mass is 10.3. The number of ether oxygens (including phenoxy) is 1. The molecule has 0 saturated carbocycles. The lowest BCUT2D eigenvalue weighted by Gasteiger charge is -2.05. The maximum Gasteiger partial charge on any atom is 0.171 e. The van der Waals surface area contributed by atoms with Gasteiger partial charge >= 0.3 is 0 Å². The highest BCUT2D eigenvalue weighted by atomic mass is 35.5. The summed E-state index contributed by atoms with van der Waals surface area (Å²) < 4.78 is 5.38. The quantitative estimate of drug-likeness (QED) is 0.555. The second-order valence-electron chi connectivity index (χ2n) is 2.76. The minimum absolute atomic E-state index is 0.382. The number of nitrogens with zero attached hydrogens (tertiary/aromatic N) is 2. The Hall–Kier alpha value is -1.27. The van der Waals surface area contributed by atoms with Crippen LogP contribution >= 0.6 is 11.6 Å². The topological polar surface area (TPSA) is 45.9 Å². The summed E-state index contributed by atoms with van der Waals surface area (Å²) in [7, 11) is 0. The van der Waals surface area contributed by atoms with Crippen molar-refractivity contribution in [3.05, 3.63) is 23.5 Å². The first kappa shape index (κ1) is 10.8. The van der Waals surface area contributed by atoms with Crippen molar-refractivity contribution in [3.63, 3.8) is 0 Å². The second kappa shape index (κ2) is 6.22. The van der Waals surface area contributed by atoms with Gasteiger partial charge in [0.1, 0.15) is 0 Å². The number of rotatable bonds is 5. The van der Waals surface area contributed by atoms with Crippen LogP contribution in [-0.2, 0) is 0 Å². The minimum Gasteiger partial charge on any atom is -0.490 e. The monoisotopic (exact) mass is 210 g/mol. The summed E-state index contributed by atoms with van der Waals surface area (Å²) in [6.07, 6.45) is 3.90. The molecule has 0 radical (unpaired) electrons. The molecule has 0 fully saturated rings. The zero-order valence-electron chi connectivity index (χ0n) is 7.74. The van der Waals surface area contributed by atoms with Gasteiger partial charge in [-0.2, -0.15) is 5.26 Å². The summed E-state index contributed by atoms with van der Waals surface area (Å²) in [4.78, 5) is 3.88. The second-order valence-corrected chi connectivity index (χ2v) is 3.11. The van der Waals surface area contributed by atoms with Gasteiger partial charge in [-0.15, -0.1) is 0 Å². The standard InChI is InChI=1S/C10H11ClN2O/c11-10-9(5-4-7-13-10)14-8-3-1-2-6-12/h4-5,7H,1-3,8H2. The van der Waals surface area contributed by atoms with Crippen molar-refractivity contribution in [2.45, 2.75) is 19.3 Å². The van der Waals surface area contributed by atoms with Crippen LogP contribution in [0.5, 0.6) is 5.75 Å². The summed E-state index contributed by atoms with van der Waals surface area (Å²) in [5, 5.41) is 8.69. The fourth-order valence-corrected chi connectivity index (χ4v) is 1.14. The van der Waals surface area contributed by atoms with Crippen LogP contribution < -0.4 is 4.74 Å². The Kier molecular flexibility index (Phi) is 4.81. The molecule has 0 spiro atoms. The summed E-state index contributed by atoms with van der Waals surface area (Å²) in [6.45, 7) is 0.576. The van der Waals surface area contributed by atoms with Gasteiger partial charge in [-0.1, -0.05) is 11.6 Å². The van der Waals surface area contributed by atoms with E-state index >= 15 is 0 Å². The molecule has 1 heterocycles. The molecule has 0 bridgehead atoms. The predicted octanol–water partition coefficient (Wildman–Crippen LogP) is 2.81. The predicted molar refractivity (Wildman–Crippen MR) is 54.2 cm³/mol. The van der Waals surface area contributed by atoms with Gasteiger partial charge in [-0.3, -0.25) is 0 Å². The molecule has 0 amide bonds. The van der Waals surface area contributed by atoms with Crippen molar-refractivity contribution in [1.82, 2.24) is 4.98 Å². The third kappa shape index (κ3) is 3.63. The Bertz CT molecular complexity index is 322. The van der Waals surface area contributed by atoms with E-state index in [9.17, 15) is 0 Å². The van der Waals surface area contributed by atoms with Crippen molar-refractivity contribution in [2.75, 3.05) is 6.61 Å². The minimum atomic E-state index is 0.382. The van der Waals surface area contributed by atoms with Gasteiger partial charge in [0, 0.05) is 12.6 Å². The number of unbranched alkanes of at least 4 members (excludes halogenated alkanes) is 2. The van der Waals surface area contributed by atoms with Crippen LogP contribution in [0.3, 0.4) is 0 Å². The van der Waals surface area contributed by atoms with Gasteiger partial charge < -0.3 is 4.74 Å². The van der Waals surface area contributed by atoms with E-state index in [0.717, 1.165) is 12.8 Å². The zero-order valence-corrected chi connectivity index (χ0v) is 8.50. The van der Waals surface area contributed by atoms with E-state index in [1.54, 1.807) is 18.3 Å². The first-order valence-corrected chi connectivity index (χ1v) is 4.82. The molecule has 4 heteroatoms. The molecule has 0 atom stereocenters. The number of hydrogen-bond donors (Lipinski definition) is 0. The maximum atomic E-state index is 8.30. The van der Waals surface area contributed by atoms with E-state index in [-0.39, 0.29) is 0 Å². The van der Waals surface area contributed by atoms with Crippen LogP contribution in [0.2, 0.25) is 5.15 Å². The highest BCUT2D eigenvalue weighted by molar-refractivity contribution is 6.30. The molecule has 0 saturated heterocycles. The lowest BCUT2D eigenvalue weighted by molar-refractivity contribution is 0.306. The molecule has 0 aliphatic carbocycles. The van der Waals surface area contributed by atoms with Crippen LogP contribution in [0.4, 0.5) is 0 Å². The number of halogens is 1. The Balaban J connectivity index is 2.25. The molecule has 0 N–H and O–H groups in total. The van der Waals surface area contributed by atoms with Crippen LogP contribution in [0.15, 0.2) is 18.3 Å². The molecule has 74 valence electrons. The van der Waals surface area contributed by atoms with Crippen molar-refractivity contribution in [1.29, 1.82) is 5.26 Å². The summed E-state index contributed by atoms with van der Waals surface area (Å²) in [6, 6.07) is 5.64. The Labute approximate surface area is 88.3 Å². The third-order valence-electron chi connectivity index (χ3n) is 1.67. The molecule has 3 nitrogen and oxygen atoms in total. The van der Waals surface area contributed by atoms with Crippen LogP contribution in [0.25, 0.3) is 0 Å². The highest BCUT2D eigenvalue weighted by Crippen LogP contribution is 2.20. The summed E-state index contributed by atoms with van der Waals surface area (Å²) in [5.74, 6) is 0.603. The van der Waals surface area contributed by atoms with Crippen molar-refractivity contribution in [2.24, 2.45) is 0 Å². The lowest BCUT2D eigenvalue weighted by Crippen LogP contribution is -1.98. The largest absolute Gasteiger partial charge is 0.490 e. The number of nitriles is 1. The molecule has 1 rings (SSSR count). The molecule has 0 aliphatic rings. The fraction of sp³-hybridized carbons (Fsp3) is 0.400. The molecule has 0 unspecified atom stereocenters. The average molecular weight is 211 g/mol. The van der Waals surface area contributed by atoms with Crippen molar-refractivity contribution < 1.29 is 4.74 Å². The van der Waals surface area contributed by atoms with Crippen LogP contribution in [0.1, 0.15) is 19.3 Å². The zero-order chi connectivity index (χ0) is 10.2. The van der Waals surface area contributed by atoms with Gasteiger partial charge in [-0.05, 0) is 25.0 Å². The van der Waals surface area contributed by atoms with E-state index in [0.29, 0.717) is 23.9 Å². The van der Waals surface area contributed by atoms with Gasteiger partial charge in [0.15, 0.2) is 10.9 Å². The Morgan fingerprint density at radius 3 is 3.07 bits per heavy atom.